The minimum Gasteiger partial charge on any atom is -0.466 e. The molecule has 5 rings (SSSR count). The molecule has 1 aliphatic carbocycles. The molecule has 2 aliphatic rings. The molecule has 5 atom stereocenters. The SMILES string of the molecule is CCOC(=O)CCCN1C[C@@H]2[C@@H](C#Cc3ccc(-c4cc([C@@H](CNC(=O)OC(C)(C)C)n5ccnc5[C@H](C)O[Si](C)(C)C(C)(C)C)no4)cc3)[C@@H]2C1. The summed E-state index contributed by atoms with van der Waals surface area (Å²) in [6.45, 7) is 24.2. The number of ether oxygens (including phenoxy) is 2. The zero-order valence-electron chi connectivity index (χ0n) is 32.6. The van der Waals surface area contributed by atoms with Crippen molar-refractivity contribution in [1.82, 2.24) is 24.9 Å². The van der Waals surface area contributed by atoms with E-state index in [1.807, 2.05) is 75.7 Å². The van der Waals surface area contributed by atoms with Gasteiger partial charge in [0.15, 0.2) is 14.1 Å². The molecule has 0 bridgehead atoms. The van der Waals surface area contributed by atoms with E-state index in [0.29, 0.717) is 42.2 Å². The maximum Gasteiger partial charge on any atom is 0.407 e. The number of carbonyl (C=O) groups excluding carboxylic acids is 2. The fourth-order valence-corrected chi connectivity index (χ4v) is 7.91. The minimum atomic E-state index is -2.10. The maximum absolute atomic E-state index is 12.7. The summed E-state index contributed by atoms with van der Waals surface area (Å²) in [4.78, 5) is 31.5. The highest BCUT2D eigenvalue weighted by Gasteiger charge is 2.54. The van der Waals surface area contributed by atoms with Crippen molar-refractivity contribution in [1.29, 1.82) is 0 Å². The molecule has 3 heterocycles. The summed E-state index contributed by atoms with van der Waals surface area (Å²) >= 11 is 0. The van der Waals surface area contributed by atoms with E-state index in [2.05, 4.69) is 61.1 Å². The second kappa shape index (κ2) is 16.0. The number of aromatic nitrogens is 3. The number of rotatable bonds is 13. The lowest BCUT2D eigenvalue weighted by atomic mass is 10.1. The van der Waals surface area contributed by atoms with Gasteiger partial charge in [0, 0.05) is 61.6 Å². The average Bonchev–Trinajstić information content (AvgIpc) is 3.55. The number of hydrogen-bond donors (Lipinski definition) is 1. The number of piperidine rings is 1. The summed E-state index contributed by atoms with van der Waals surface area (Å²) in [5.41, 5.74) is 1.85. The fourth-order valence-electron chi connectivity index (χ4n) is 6.57. The molecule has 2 fully saturated rings. The van der Waals surface area contributed by atoms with Crippen LogP contribution in [0.1, 0.15) is 97.5 Å². The minimum absolute atomic E-state index is 0.0333. The lowest BCUT2D eigenvalue weighted by molar-refractivity contribution is -0.143. The number of alkyl carbamates (subject to hydrolysis) is 1. The predicted octanol–water partition coefficient (Wildman–Crippen LogP) is 7.61. The molecular weight excluding hydrogens is 675 g/mol. The Hall–Kier alpha value is -3.92. The topological polar surface area (TPSA) is 121 Å². The zero-order chi connectivity index (χ0) is 37.8. The Labute approximate surface area is 310 Å². The lowest BCUT2D eigenvalue weighted by Crippen LogP contribution is -2.42. The monoisotopic (exact) mass is 731 g/mol. The van der Waals surface area contributed by atoms with E-state index in [1.165, 1.54) is 0 Å². The molecule has 3 aromatic rings. The van der Waals surface area contributed by atoms with E-state index in [1.54, 1.807) is 6.20 Å². The van der Waals surface area contributed by atoms with Crippen LogP contribution >= 0.6 is 0 Å². The quantitative estimate of drug-likeness (QED) is 0.108. The van der Waals surface area contributed by atoms with Crippen molar-refractivity contribution in [3.05, 3.63) is 59.8 Å². The third-order valence-corrected chi connectivity index (χ3v) is 14.9. The average molecular weight is 732 g/mol. The van der Waals surface area contributed by atoms with Crippen molar-refractivity contribution >= 4 is 20.4 Å². The van der Waals surface area contributed by atoms with Crippen LogP contribution in [0.4, 0.5) is 4.79 Å². The fraction of sp³-hybridized carbons (Fsp3) is 0.600. The van der Waals surface area contributed by atoms with Gasteiger partial charge in [0.05, 0.1) is 12.6 Å². The standard InChI is InChI=1S/C40H57N5O6Si/c1-11-48-36(46)13-12-21-44-25-31-30(32(31)26-44)19-16-28-14-17-29(18-15-28)35-23-33(43-50-35)34(24-42-38(47)49-39(3,4)5)45-22-20-41-37(45)27(2)51-52(9,10)40(6,7)8/h14-15,17-18,20,22-23,27,30-32,34H,11-13,21,24-26H2,1-10H3,(H,42,47)/t27-,30-,31-,32+,34+/m0/s1. The van der Waals surface area contributed by atoms with Crippen molar-refractivity contribution in [2.45, 2.75) is 104 Å². The summed E-state index contributed by atoms with van der Waals surface area (Å²) in [5.74, 6) is 9.82. The zero-order valence-corrected chi connectivity index (χ0v) is 33.6. The number of nitrogens with zero attached hydrogens (tertiary/aromatic N) is 4. The molecule has 52 heavy (non-hydrogen) atoms. The Morgan fingerprint density at radius 2 is 1.79 bits per heavy atom. The first kappa shape index (κ1) is 39.3. The molecule has 1 saturated carbocycles. The van der Waals surface area contributed by atoms with Gasteiger partial charge in [-0.1, -0.05) is 37.8 Å². The second-order valence-electron chi connectivity index (χ2n) is 16.6. The van der Waals surface area contributed by atoms with E-state index in [0.717, 1.165) is 43.0 Å². The normalized spacial score (nSPS) is 20.0. The summed E-state index contributed by atoms with van der Waals surface area (Å²) in [6, 6.07) is 9.51. The Kier molecular flexibility index (Phi) is 12.1. The molecular formula is C40H57N5O6Si. The number of nitrogens with one attached hydrogen (secondary N) is 1. The molecule has 1 aliphatic heterocycles. The van der Waals surface area contributed by atoms with Gasteiger partial charge in [0.25, 0.3) is 0 Å². The van der Waals surface area contributed by atoms with Gasteiger partial charge < -0.3 is 33.2 Å². The molecule has 12 heteroatoms. The molecule has 0 unspecified atom stereocenters. The molecule has 1 N–H and O–H groups in total. The van der Waals surface area contributed by atoms with Gasteiger partial charge in [-0.05, 0) is 102 Å². The smallest absolute Gasteiger partial charge is 0.407 e. The van der Waals surface area contributed by atoms with Gasteiger partial charge in [0.2, 0.25) is 0 Å². The maximum atomic E-state index is 12.7. The highest BCUT2D eigenvalue weighted by atomic mass is 28.4. The Morgan fingerprint density at radius 3 is 2.42 bits per heavy atom. The Morgan fingerprint density at radius 1 is 1.10 bits per heavy atom. The van der Waals surface area contributed by atoms with Crippen LogP contribution in [0.15, 0.2) is 47.2 Å². The van der Waals surface area contributed by atoms with Crippen LogP contribution in [0.5, 0.6) is 0 Å². The van der Waals surface area contributed by atoms with Crippen LogP contribution in [0.3, 0.4) is 0 Å². The number of amides is 1. The van der Waals surface area contributed by atoms with Crippen LogP contribution in [-0.2, 0) is 18.7 Å². The van der Waals surface area contributed by atoms with Crippen LogP contribution < -0.4 is 5.32 Å². The van der Waals surface area contributed by atoms with Crippen LogP contribution in [0, 0.1) is 29.6 Å². The van der Waals surface area contributed by atoms with Gasteiger partial charge in [-0.3, -0.25) is 4.79 Å². The largest absolute Gasteiger partial charge is 0.466 e. The van der Waals surface area contributed by atoms with Crippen LogP contribution in [0.2, 0.25) is 18.1 Å². The molecule has 2 aromatic heterocycles. The Balaban J connectivity index is 1.25. The van der Waals surface area contributed by atoms with Gasteiger partial charge >= 0.3 is 12.1 Å². The van der Waals surface area contributed by atoms with E-state index in [9.17, 15) is 9.59 Å². The van der Waals surface area contributed by atoms with Crippen molar-refractivity contribution < 1.29 is 28.0 Å². The number of likely N-dealkylation sites (tertiary alicyclic amines) is 1. The number of benzene rings is 1. The molecule has 0 radical (unpaired) electrons. The van der Waals surface area contributed by atoms with E-state index < -0.39 is 26.1 Å². The number of imidazole rings is 1. The molecule has 1 amide bonds. The van der Waals surface area contributed by atoms with Crippen molar-refractivity contribution in [2.24, 2.45) is 17.8 Å². The summed E-state index contributed by atoms with van der Waals surface area (Å²) in [5, 5.41) is 7.44. The van der Waals surface area contributed by atoms with E-state index in [4.69, 9.17) is 23.4 Å². The van der Waals surface area contributed by atoms with Crippen molar-refractivity contribution in [3.63, 3.8) is 0 Å². The Bertz CT molecular complexity index is 1730. The van der Waals surface area contributed by atoms with E-state index in [-0.39, 0.29) is 23.7 Å². The van der Waals surface area contributed by atoms with Gasteiger partial charge in [-0.15, -0.1) is 0 Å². The molecule has 0 spiro atoms. The van der Waals surface area contributed by atoms with Crippen molar-refractivity contribution in [2.75, 3.05) is 32.8 Å². The summed E-state index contributed by atoms with van der Waals surface area (Å²) < 4.78 is 25.2. The third kappa shape index (κ3) is 9.93. The van der Waals surface area contributed by atoms with Crippen LogP contribution in [-0.4, -0.2) is 78.4 Å². The van der Waals surface area contributed by atoms with Gasteiger partial charge in [0.1, 0.15) is 23.2 Å². The van der Waals surface area contributed by atoms with Gasteiger partial charge in [-0.2, -0.15) is 0 Å². The molecule has 1 saturated heterocycles. The first-order valence-electron chi connectivity index (χ1n) is 18.6. The third-order valence-electron chi connectivity index (χ3n) is 10.4. The predicted molar refractivity (Wildman–Crippen MR) is 203 cm³/mol. The summed E-state index contributed by atoms with van der Waals surface area (Å²) in [6.07, 6.45) is 4.18. The molecule has 282 valence electrons. The van der Waals surface area contributed by atoms with E-state index >= 15 is 0 Å². The first-order valence-corrected chi connectivity index (χ1v) is 21.5. The number of hydrogen-bond acceptors (Lipinski definition) is 9. The van der Waals surface area contributed by atoms with Gasteiger partial charge in [-0.25, -0.2) is 9.78 Å². The second-order valence-corrected chi connectivity index (χ2v) is 21.4. The first-order chi connectivity index (χ1) is 24.5. The number of fused-ring (bicyclic) bond motifs is 1. The highest BCUT2D eigenvalue weighted by Crippen LogP contribution is 2.51. The molecule has 1 aromatic carbocycles. The highest BCUT2D eigenvalue weighted by molar-refractivity contribution is 6.74. The lowest BCUT2D eigenvalue weighted by Gasteiger charge is -2.38. The number of esters is 1. The summed E-state index contributed by atoms with van der Waals surface area (Å²) in [7, 11) is -2.10. The number of carbonyl (C=O) groups is 2. The molecule has 11 nitrogen and oxygen atoms in total. The van der Waals surface area contributed by atoms with Crippen LogP contribution in [0.25, 0.3) is 11.3 Å². The van der Waals surface area contributed by atoms with Crippen molar-refractivity contribution in [3.8, 4) is 23.2 Å².